The number of anilines is 1. The predicted molar refractivity (Wildman–Crippen MR) is 92.6 cm³/mol. The average molecular weight is 363 g/mol. The minimum atomic E-state index is -1.41. The number of nitrogens with zero attached hydrogens (tertiary/aromatic N) is 4. The second kappa shape index (κ2) is 8.70. The molecule has 1 N–H and O–H groups in total. The van der Waals surface area contributed by atoms with E-state index in [9.17, 15) is 9.00 Å². The van der Waals surface area contributed by atoms with Crippen LogP contribution in [0, 0.1) is 0 Å². The molecule has 0 radical (unpaired) electrons. The quantitative estimate of drug-likeness (QED) is 0.847. The Bertz CT molecular complexity index is 716. The summed E-state index contributed by atoms with van der Waals surface area (Å²) < 4.78 is 19.2. The summed E-state index contributed by atoms with van der Waals surface area (Å²) in [6.07, 6.45) is 4.94. The molecule has 0 saturated heterocycles. The van der Waals surface area contributed by atoms with Crippen molar-refractivity contribution in [3.05, 3.63) is 30.3 Å². The Morgan fingerprint density at radius 2 is 2.00 bits per heavy atom. The van der Waals surface area contributed by atoms with Crippen LogP contribution in [0.15, 0.2) is 35.5 Å². The third-order valence-corrected chi connectivity index (χ3v) is 5.32. The maximum absolute atomic E-state index is 12.4. The van der Waals surface area contributed by atoms with Crippen LogP contribution >= 0.6 is 0 Å². The number of tetrazole rings is 1. The van der Waals surface area contributed by atoms with Crippen LogP contribution in [0.2, 0.25) is 0 Å². The van der Waals surface area contributed by atoms with Crippen molar-refractivity contribution >= 4 is 22.6 Å². The molecule has 3 rings (SSSR count). The molecule has 0 spiro atoms. The summed E-state index contributed by atoms with van der Waals surface area (Å²) in [5.41, 5.74) is 0.648. The van der Waals surface area contributed by atoms with E-state index in [1.54, 1.807) is 16.8 Å². The van der Waals surface area contributed by atoms with Gasteiger partial charge in [0.25, 0.3) is 0 Å². The Labute approximate surface area is 148 Å². The van der Waals surface area contributed by atoms with Gasteiger partial charge in [-0.05, 0) is 35.4 Å². The largest absolute Gasteiger partial charge is 0.448 e. The molecule has 0 bridgehead atoms. The standard InChI is InChI=1S/C16H21N5O3S/c22-16(17-13-7-3-1-4-8-13)24-11-12-25(23)15-18-19-20-21(15)14-9-5-2-6-10-14/h1,3-4,7-8,14H,2,5-6,9-12H2,(H,17,22). The molecule has 0 aliphatic heterocycles. The van der Waals surface area contributed by atoms with Gasteiger partial charge in [0.15, 0.2) is 0 Å². The van der Waals surface area contributed by atoms with Crippen LogP contribution in [0.4, 0.5) is 10.5 Å². The molecule has 1 atom stereocenters. The van der Waals surface area contributed by atoms with E-state index in [1.165, 1.54) is 6.42 Å². The van der Waals surface area contributed by atoms with E-state index < -0.39 is 16.9 Å². The molecule has 9 heteroatoms. The highest BCUT2D eigenvalue weighted by Crippen LogP contribution is 2.28. The first-order valence-corrected chi connectivity index (χ1v) is 9.71. The highest BCUT2D eigenvalue weighted by atomic mass is 32.2. The second-order valence-electron chi connectivity index (χ2n) is 5.87. The monoisotopic (exact) mass is 363 g/mol. The third kappa shape index (κ3) is 4.85. The van der Waals surface area contributed by atoms with E-state index in [0.29, 0.717) is 10.8 Å². The zero-order valence-corrected chi connectivity index (χ0v) is 14.7. The minimum absolute atomic E-state index is 0.0306. The van der Waals surface area contributed by atoms with Crippen LogP contribution in [0.1, 0.15) is 38.1 Å². The molecule has 1 unspecified atom stereocenters. The van der Waals surface area contributed by atoms with E-state index in [0.717, 1.165) is 25.7 Å². The SMILES string of the molecule is O=C(Nc1ccccc1)OCCS(=O)c1nnnn1C1CCCCC1. The number of hydrogen-bond acceptors (Lipinski definition) is 6. The molecule has 25 heavy (non-hydrogen) atoms. The van der Waals surface area contributed by atoms with E-state index in [4.69, 9.17) is 4.74 Å². The fourth-order valence-corrected chi connectivity index (χ4v) is 3.81. The fourth-order valence-electron chi connectivity index (χ4n) is 2.87. The van der Waals surface area contributed by atoms with E-state index in [2.05, 4.69) is 20.8 Å². The summed E-state index contributed by atoms with van der Waals surface area (Å²) in [6, 6.07) is 9.22. The first-order chi connectivity index (χ1) is 12.2. The third-order valence-electron chi connectivity index (χ3n) is 4.11. The van der Waals surface area contributed by atoms with E-state index >= 15 is 0 Å². The Balaban J connectivity index is 1.48. The summed E-state index contributed by atoms with van der Waals surface area (Å²) in [6.45, 7) is 0.0306. The van der Waals surface area contributed by atoms with Crippen LogP contribution in [-0.2, 0) is 15.5 Å². The zero-order chi connectivity index (χ0) is 17.5. The number of aromatic nitrogens is 4. The lowest BCUT2D eigenvalue weighted by Gasteiger charge is -2.21. The number of amides is 1. The molecule has 134 valence electrons. The van der Waals surface area contributed by atoms with Crippen LogP contribution < -0.4 is 5.32 Å². The first-order valence-electron chi connectivity index (χ1n) is 8.39. The molecular formula is C16H21N5O3S. The van der Waals surface area contributed by atoms with Gasteiger partial charge in [-0.15, -0.1) is 0 Å². The fraction of sp³-hybridized carbons (Fsp3) is 0.500. The molecular weight excluding hydrogens is 342 g/mol. The summed E-state index contributed by atoms with van der Waals surface area (Å²) in [5.74, 6) is 0.162. The van der Waals surface area contributed by atoms with Crippen molar-refractivity contribution in [2.75, 3.05) is 17.7 Å². The molecule has 1 saturated carbocycles. The highest BCUT2D eigenvalue weighted by molar-refractivity contribution is 7.84. The van der Waals surface area contributed by atoms with Crippen molar-refractivity contribution < 1.29 is 13.7 Å². The minimum Gasteiger partial charge on any atom is -0.448 e. The Hall–Kier alpha value is -2.29. The number of nitrogens with one attached hydrogen (secondary N) is 1. The van der Waals surface area contributed by atoms with Crippen LogP contribution in [0.3, 0.4) is 0 Å². The number of hydrogen-bond donors (Lipinski definition) is 1. The number of carbonyl (C=O) groups excluding carboxylic acids is 1. The summed E-state index contributed by atoms with van der Waals surface area (Å²) in [5, 5.41) is 14.5. The molecule has 1 amide bonds. The van der Waals surface area contributed by atoms with Crippen molar-refractivity contribution in [2.24, 2.45) is 0 Å². The number of carbonyl (C=O) groups is 1. The van der Waals surface area contributed by atoms with Gasteiger partial charge in [-0.25, -0.2) is 9.48 Å². The molecule has 8 nitrogen and oxygen atoms in total. The van der Waals surface area contributed by atoms with Gasteiger partial charge in [-0.3, -0.25) is 9.53 Å². The molecule has 1 aliphatic rings. The summed E-state index contributed by atoms with van der Waals surface area (Å²) >= 11 is 0. The molecule has 1 aromatic carbocycles. The maximum atomic E-state index is 12.4. The number of ether oxygens (including phenoxy) is 1. The van der Waals surface area contributed by atoms with E-state index in [1.807, 2.05) is 18.2 Å². The van der Waals surface area contributed by atoms with Gasteiger partial charge in [0.1, 0.15) is 6.61 Å². The predicted octanol–water partition coefficient (Wildman–Crippen LogP) is 2.53. The van der Waals surface area contributed by atoms with Gasteiger partial charge in [-0.1, -0.05) is 42.6 Å². The summed E-state index contributed by atoms with van der Waals surface area (Å²) in [7, 11) is -1.41. The van der Waals surface area contributed by atoms with Crippen LogP contribution in [0.25, 0.3) is 0 Å². The topological polar surface area (TPSA) is 99.0 Å². The van der Waals surface area contributed by atoms with Gasteiger partial charge in [0, 0.05) is 5.69 Å². The highest BCUT2D eigenvalue weighted by Gasteiger charge is 2.23. The lowest BCUT2D eigenvalue weighted by atomic mass is 9.96. The zero-order valence-electron chi connectivity index (χ0n) is 13.8. The van der Waals surface area contributed by atoms with Crippen LogP contribution in [-0.4, -0.2) is 42.9 Å². The van der Waals surface area contributed by atoms with Crippen LogP contribution in [0.5, 0.6) is 0 Å². The van der Waals surface area contributed by atoms with Gasteiger partial charge < -0.3 is 4.74 Å². The Morgan fingerprint density at radius 3 is 2.76 bits per heavy atom. The molecule has 1 aliphatic carbocycles. The normalized spacial score (nSPS) is 16.3. The van der Waals surface area contributed by atoms with Crippen molar-refractivity contribution in [1.82, 2.24) is 20.2 Å². The molecule has 1 aromatic heterocycles. The van der Waals surface area contributed by atoms with Gasteiger partial charge in [-0.2, -0.15) is 0 Å². The van der Waals surface area contributed by atoms with Crippen molar-refractivity contribution in [1.29, 1.82) is 0 Å². The second-order valence-corrected chi connectivity index (χ2v) is 7.34. The van der Waals surface area contributed by atoms with Gasteiger partial charge >= 0.3 is 6.09 Å². The van der Waals surface area contributed by atoms with Crippen molar-refractivity contribution in [2.45, 2.75) is 43.3 Å². The van der Waals surface area contributed by atoms with Crippen molar-refractivity contribution in [3.63, 3.8) is 0 Å². The lowest BCUT2D eigenvalue weighted by Crippen LogP contribution is -2.21. The van der Waals surface area contributed by atoms with Gasteiger partial charge in [0.05, 0.1) is 22.6 Å². The Kier molecular flexibility index (Phi) is 6.10. The smallest absolute Gasteiger partial charge is 0.411 e. The summed E-state index contributed by atoms with van der Waals surface area (Å²) in [4.78, 5) is 11.7. The molecule has 1 heterocycles. The lowest BCUT2D eigenvalue weighted by molar-refractivity contribution is 0.168. The number of benzene rings is 1. The average Bonchev–Trinajstić information content (AvgIpc) is 3.13. The van der Waals surface area contributed by atoms with Crippen molar-refractivity contribution in [3.8, 4) is 0 Å². The van der Waals surface area contributed by atoms with E-state index in [-0.39, 0.29) is 18.4 Å². The Morgan fingerprint density at radius 1 is 1.24 bits per heavy atom. The molecule has 2 aromatic rings. The number of para-hydroxylation sites is 1. The molecule has 1 fully saturated rings. The maximum Gasteiger partial charge on any atom is 0.411 e. The first kappa shape index (κ1) is 17.5. The van der Waals surface area contributed by atoms with Gasteiger partial charge in [0.2, 0.25) is 5.16 Å². The number of rotatable bonds is 6.